The first-order valence-electron chi connectivity index (χ1n) is 10.5. The average molecular weight is 477 g/mol. The van der Waals surface area contributed by atoms with Crippen LogP contribution in [0.5, 0.6) is 0 Å². The summed E-state index contributed by atoms with van der Waals surface area (Å²) >= 11 is 0. The lowest BCUT2D eigenvalue weighted by atomic mass is 9.97. The molecule has 0 aliphatic heterocycles. The second-order valence-electron chi connectivity index (χ2n) is 8.34. The van der Waals surface area contributed by atoms with E-state index in [0.717, 1.165) is 11.8 Å². The standard InChI is InChI=1S/C11H10F6.2C7H10O/c1-6(2)7-3-4-8(10(12,13)14)9(5-7)11(15,16)17;1-6(2)7-3-4-8-5-7;1-6(2)7-4-3-5-8-7/h3-6H,1-2H3;2*3-6H,1-2H3. The molecule has 0 fully saturated rings. The summed E-state index contributed by atoms with van der Waals surface area (Å²) in [7, 11) is 0. The van der Waals surface area contributed by atoms with Crippen molar-refractivity contribution in [2.75, 3.05) is 0 Å². The number of hydrogen-bond donors (Lipinski definition) is 0. The molecule has 0 saturated carbocycles. The minimum Gasteiger partial charge on any atom is -0.472 e. The Bertz CT molecular complexity index is 881. The number of furan rings is 2. The smallest absolute Gasteiger partial charge is 0.417 e. The van der Waals surface area contributed by atoms with Crippen LogP contribution in [0.2, 0.25) is 0 Å². The Morgan fingerprint density at radius 2 is 1.21 bits per heavy atom. The summed E-state index contributed by atoms with van der Waals surface area (Å²) in [5.41, 5.74) is -1.78. The zero-order chi connectivity index (χ0) is 25.4. The molecule has 33 heavy (non-hydrogen) atoms. The van der Waals surface area contributed by atoms with Crippen LogP contribution in [0, 0.1) is 0 Å². The van der Waals surface area contributed by atoms with Gasteiger partial charge in [-0.2, -0.15) is 26.3 Å². The van der Waals surface area contributed by atoms with E-state index in [4.69, 9.17) is 8.83 Å². The average Bonchev–Trinajstić information content (AvgIpc) is 3.41. The second-order valence-corrected chi connectivity index (χ2v) is 8.34. The summed E-state index contributed by atoms with van der Waals surface area (Å²) in [4.78, 5) is 0. The van der Waals surface area contributed by atoms with Gasteiger partial charge >= 0.3 is 12.4 Å². The zero-order valence-electron chi connectivity index (χ0n) is 19.5. The molecule has 0 aliphatic rings. The highest BCUT2D eigenvalue weighted by molar-refractivity contribution is 5.37. The summed E-state index contributed by atoms with van der Waals surface area (Å²) < 4.78 is 84.8. The molecule has 2 aromatic heterocycles. The molecule has 0 spiro atoms. The molecule has 3 aromatic rings. The van der Waals surface area contributed by atoms with Crippen LogP contribution in [0.4, 0.5) is 26.3 Å². The lowest BCUT2D eigenvalue weighted by Crippen LogP contribution is -2.17. The van der Waals surface area contributed by atoms with Crippen LogP contribution in [0.15, 0.2) is 64.0 Å². The molecule has 0 radical (unpaired) electrons. The molecule has 3 rings (SSSR count). The van der Waals surface area contributed by atoms with Crippen molar-refractivity contribution >= 4 is 0 Å². The summed E-state index contributed by atoms with van der Waals surface area (Å²) in [6.07, 6.45) is -4.81. The molecule has 0 unspecified atom stereocenters. The number of alkyl halides is 6. The molecule has 0 amide bonds. The van der Waals surface area contributed by atoms with Gasteiger partial charge in [-0.1, -0.05) is 47.6 Å². The van der Waals surface area contributed by atoms with E-state index in [1.165, 1.54) is 5.56 Å². The highest BCUT2D eigenvalue weighted by Crippen LogP contribution is 2.41. The van der Waals surface area contributed by atoms with Crippen molar-refractivity contribution in [2.45, 2.75) is 71.6 Å². The van der Waals surface area contributed by atoms with Crippen LogP contribution in [-0.4, -0.2) is 0 Å². The van der Waals surface area contributed by atoms with E-state index in [0.29, 0.717) is 24.0 Å². The largest absolute Gasteiger partial charge is 0.472 e. The van der Waals surface area contributed by atoms with E-state index in [1.54, 1.807) is 32.6 Å². The lowest BCUT2D eigenvalue weighted by molar-refractivity contribution is -0.162. The third kappa shape index (κ3) is 9.40. The van der Waals surface area contributed by atoms with Crippen molar-refractivity contribution in [2.24, 2.45) is 0 Å². The predicted molar refractivity (Wildman–Crippen MR) is 116 cm³/mol. The second kappa shape index (κ2) is 12.0. The molecule has 0 aliphatic carbocycles. The molecule has 184 valence electrons. The van der Waals surface area contributed by atoms with Gasteiger partial charge in [0.2, 0.25) is 0 Å². The van der Waals surface area contributed by atoms with Crippen LogP contribution in [0.1, 0.15) is 87.3 Å². The van der Waals surface area contributed by atoms with Crippen molar-refractivity contribution in [1.82, 2.24) is 0 Å². The quantitative estimate of drug-likeness (QED) is 0.352. The number of benzene rings is 1. The van der Waals surface area contributed by atoms with Crippen LogP contribution >= 0.6 is 0 Å². The Morgan fingerprint density at radius 3 is 1.52 bits per heavy atom. The van der Waals surface area contributed by atoms with E-state index >= 15 is 0 Å². The van der Waals surface area contributed by atoms with Gasteiger partial charge in [-0.05, 0) is 53.3 Å². The van der Waals surface area contributed by atoms with E-state index in [2.05, 4.69) is 27.7 Å². The summed E-state index contributed by atoms with van der Waals surface area (Å²) in [5, 5.41) is 0. The van der Waals surface area contributed by atoms with Crippen LogP contribution in [-0.2, 0) is 12.4 Å². The van der Waals surface area contributed by atoms with Crippen molar-refractivity contribution in [3.8, 4) is 0 Å². The third-order valence-corrected chi connectivity index (χ3v) is 4.64. The Kier molecular flexibility index (Phi) is 10.3. The van der Waals surface area contributed by atoms with E-state index in [9.17, 15) is 26.3 Å². The van der Waals surface area contributed by atoms with Crippen molar-refractivity contribution in [3.05, 3.63) is 83.2 Å². The van der Waals surface area contributed by atoms with Crippen LogP contribution in [0.25, 0.3) is 0 Å². The fourth-order valence-electron chi connectivity index (χ4n) is 2.63. The van der Waals surface area contributed by atoms with Gasteiger partial charge in [0.1, 0.15) is 5.76 Å². The number of hydrogen-bond acceptors (Lipinski definition) is 2. The third-order valence-electron chi connectivity index (χ3n) is 4.64. The maximum absolute atomic E-state index is 12.5. The molecule has 0 saturated heterocycles. The van der Waals surface area contributed by atoms with Crippen LogP contribution < -0.4 is 0 Å². The molecule has 0 atom stereocenters. The minimum absolute atomic E-state index is 0.227. The molecule has 8 heteroatoms. The van der Waals surface area contributed by atoms with E-state index < -0.39 is 23.5 Å². The topological polar surface area (TPSA) is 26.3 Å². The van der Waals surface area contributed by atoms with Crippen molar-refractivity contribution in [1.29, 1.82) is 0 Å². The molecule has 0 bridgehead atoms. The van der Waals surface area contributed by atoms with Gasteiger partial charge in [0.05, 0.1) is 29.9 Å². The minimum atomic E-state index is -5.00. The summed E-state index contributed by atoms with van der Waals surface area (Å²) in [6, 6.07) is 8.01. The fourth-order valence-corrected chi connectivity index (χ4v) is 2.63. The van der Waals surface area contributed by atoms with Gasteiger partial charge in [-0.3, -0.25) is 0 Å². The monoisotopic (exact) mass is 476 g/mol. The van der Waals surface area contributed by atoms with Gasteiger partial charge in [0, 0.05) is 5.92 Å². The van der Waals surface area contributed by atoms with E-state index in [1.807, 2.05) is 18.2 Å². The maximum Gasteiger partial charge on any atom is 0.417 e. The zero-order valence-corrected chi connectivity index (χ0v) is 19.5. The normalized spacial score (nSPS) is 11.8. The predicted octanol–water partition coefficient (Wildman–Crippen LogP) is 9.65. The van der Waals surface area contributed by atoms with Crippen LogP contribution in [0.3, 0.4) is 0 Å². The summed E-state index contributed by atoms with van der Waals surface area (Å²) in [5.74, 6) is 1.90. The summed E-state index contributed by atoms with van der Waals surface area (Å²) in [6.45, 7) is 11.7. The van der Waals surface area contributed by atoms with Gasteiger partial charge in [-0.25, -0.2) is 0 Å². The highest BCUT2D eigenvalue weighted by atomic mass is 19.4. The fraction of sp³-hybridized carbons (Fsp3) is 0.440. The molecule has 2 heterocycles. The SMILES string of the molecule is CC(C)c1ccc(C(F)(F)F)c(C(F)(F)F)c1.CC(C)c1ccco1.CC(C)c1ccoc1. The molecular weight excluding hydrogens is 446 g/mol. The Balaban J connectivity index is 0.000000281. The van der Waals surface area contributed by atoms with Gasteiger partial charge in [-0.15, -0.1) is 0 Å². The molecule has 1 aromatic carbocycles. The Hall–Kier alpha value is -2.64. The number of halogens is 6. The maximum atomic E-state index is 12.5. The molecule has 0 N–H and O–H groups in total. The van der Waals surface area contributed by atoms with Gasteiger partial charge < -0.3 is 8.83 Å². The first-order valence-corrected chi connectivity index (χ1v) is 10.5. The Morgan fingerprint density at radius 1 is 0.636 bits per heavy atom. The first kappa shape index (κ1) is 28.4. The number of rotatable bonds is 3. The molecular formula is C25H30F6O2. The first-order chi connectivity index (χ1) is 15.1. The van der Waals surface area contributed by atoms with E-state index in [-0.39, 0.29) is 11.5 Å². The lowest BCUT2D eigenvalue weighted by Gasteiger charge is -2.17. The molecule has 2 nitrogen and oxygen atoms in total. The van der Waals surface area contributed by atoms with Crippen molar-refractivity contribution in [3.63, 3.8) is 0 Å². The van der Waals surface area contributed by atoms with Crippen molar-refractivity contribution < 1.29 is 35.2 Å². The highest BCUT2D eigenvalue weighted by Gasteiger charge is 2.43. The van der Waals surface area contributed by atoms with Gasteiger partial charge in [0.15, 0.2) is 0 Å². The Labute approximate surface area is 190 Å². The van der Waals surface area contributed by atoms with Gasteiger partial charge in [0.25, 0.3) is 0 Å².